The molecule has 1 fully saturated rings. The summed E-state index contributed by atoms with van der Waals surface area (Å²) in [7, 11) is 0. The van der Waals surface area contributed by atoms with Crippen LogP contribution in [0.1, 0.15) is 34.1 Å². The molecule has 5 heterocycles. The third-order valence-electron chi connectivity index (χ3n) is 5.34. The van der Waals surface area contributed by atoms with Crippen LogP contribution in [0.25, 0.3) is 10.2 Å². The Kier molecular flexibility index (Phi) is 4.85. The maximum Gasteiger partial charge on any atom is 0.267 e. The van der Waals surface area contributed by atoms with Crippen LogP contribution in [0.2, 0.25) is 5.02 Å². The minimum absolute atomic E-state index is 0. The number of nitrogens with one attached hydrogen (secondary N) is 1. The van der Waals surface area contributed by atoms with Gasteiger partial charge in [-0.05, 0) is 37.1 Å². The lowest BCUT2D eigenvalue weighted by Gasteiger charge is -2.41. The molecular weight excluding hydrogens is 422 g/mol. The maximum atomic E-state index is 13.3. The second-order valence-corrected chi connectivity index (χ2v) is 8.34. The Morgan fingerprint density at radius 1 is 1.32 bits per heavy atom. The molecule has 2 bridgehead atoms. The molecule has 3 aliphatic rings. The summed E-state index contributed by atoms with van der Waals surface area (Å²) in [6.07, 6.45) is 2.26. The number of benzene rings is 1. The van der Waals surface area contributed by atoms with E-state index in [0.717, 1.165) is 47.5 Å². The van der Waals surface area contributed by atoms with Crippen LogP contribution in [-0.2, 0) is 0 Å². The molecular formula is C19H17Cl2FN4OS. The number of halogens is 3. The molecule has 3 aliphatic heterocycles. The van der Waals surface area contributed by atoms with Gasteiger partial charge in [0, 0.05) is 30.1 Å². The highest BCUT2D eigenvalue weighted by molar-refractivity contribution is 7.21. The van der Waals surface area contributed by atoms with Crippen molar-refractivity contribution in [3.8, 4) is 0 Å². The van der Waals surface area contributed by atoms with E-state index in [1.54, 1.807) is 0 Å². The van der Waals surface area contributed by atoms with Crippen molar-refractivity contribution in [2.45, 2.75) is 18.8 Å². The largest absolute Gasteiger partial charge is 0.397 e. The van der Waals surface area contributed by atoms with E-state index >= 15 is 0 Å². The molecule has 146 valence electrons. The molecule has 0 unspecified atom stereocenters. The maximum absolute atomic E-state index is 13.3. The summed E-state index contributed by atoms with van der Waals surface area (Å²) < 4.78 is 13.3. The Labute approximate surface area is 176 Å². The van der Waals surface area contributed by atoms with E-state index < -0.39 is 5.82 Å². The number of amides is 1. The second-order valence-electron chi connectivity index (χ2n) is 6.93. The molecule has 28 heavy (non-hydrogen) atoms. The van der Waals surface area contributed by atoms with Crippen molar-refractivity contribution in [3.05, 3.63) is 45.7 Å². The Morgan fingerprint density at radius 2 is 2.07 bits per heavy atom. The third kappa shape index (κ3) is 2.98. The van der Waals surface area contributed by atoms with E-state index in [4.69, 9.17) is 22.3 Å². The molecule has 6 rings (SSSR count). The molecule has 0 radical (unpaired) electrons. The van der Waals surface area contributed by atoms with Crippen LogP contribution in [0.15, 0.2) is 24.3 Å². The Balaban J connectivity index is 0.00000192. The van der Waals surface area contributed by atoms with Crippen molar-refractivity contribution in [2.75, 3.05) is 29.0 Å². The minimum atomic E-state index is -0.532. The van der Waals surface area contributed by atoms with Crippen LogP contribution in [-0.4, -0.2) is 24.0 Å². The number of rotatable bonds is 2. The van der Waals surface area contributed by atoms with E-state index in [0.29, 0.717) is 22.2 Å². The number of hydrogen-bond acceptors (Lipinski definition) is 5. The molecule has 0 aliphatic carbocycles. The van der Waals surface area contributed by atoms with Gasteiger partial charge in [-0.1, -0.05) is 11.6 Å². The quantitative estimate of drug-likeness (QED) is 0.587. The molecule has 3 N–H and O–H groups in total. The first-order valence-electron chi connectivity index (χ1n) is 8.75. The lowest BCUT2D eigenvalue weighted by molar-refractivity contribution is 0.103. The highest BCUT2D eigenvalue weighted by Crippen LogP contribution is 2.45. The van der Waals surface area contributed by atoms with E-state index in [-0.39, 0.29) is 23.3 Å². The van der Waals surface area contributed by atoms with Crippen LogP contribution in [0.4, 0.5) is 21.5 Å². The van der Waals surface area contributed by atoms with Crippen molar-refractivity contribution in [2.24, 2.45) is 0 Å². The summed E-state index contributed by atoms with van der Waals surface area (Å²) >= 11 is 7.07. The summed E-state index contributed by atoms with van der Waals surface area (Å²) in [6, 6.07) is 6.12. The smallest absolute Gasteiger partial charge is 0.267 e. The number of fused-ring (bicyclic) bond motifs is 3. The zero-order chi connectivity index (χ0) is 18.7. The van der Waals surface area contributed by atoms with Crippen LogP contribution in [0.3, 0.4) is 0 Å². The van der Waals surface area contributed by atoms with E-state index in [9.17, 15) is 9.18 Å². The number of aromatic nitrogens is 1. The number of hydrogen-bond donors (Lipinski definition) is 2. The van der Waals surface area contributed by atoms with Gasteiger partial charge >= 0.3 is 0 Å². The number of piperidine rings is 1. The first-order valence-corrected chi connectivity index (χ1v) is 9.95. The van der Waals surface area contributed by atoms with Gasteiger partial charge in [0.2, 0.25) is 0 Å². The van der Waals surface area contributed by atoms with Gasteiger partial charge in [-0.25, -0.2) is 9.37 Å². The molecule has 9 heteroatoms. The van der Waals surface area contributed by atoms with E-state index in [1.165, 1.54) is 29.5 Å². The Morgan fingerprint density at radius 3 is 2.79 bits per heavy atom. The van der Waals surface area contributed by atoms with Gasteiger partial charge in [0.1, 0.15) is 15.5 Å². The van der Waals surface area contributed by atoms with Gasteiger partial charge in [-0.3, -0.25) is 4.79 Å². The number of carbonyl (C=O) groups excluding carboxylic acids is 1. The molecule has 1 aromatic carbocycles. The number of thiophene rings is 1. The summed E-state index contributed by atoms with van der Waals surface area (Å²) in [6.45, 7) is 2.10. The fourth-order valence-corrected chi connectivity index (χ4v) is 5.08. The lowest BCUT2D eigenvalue weighted by atomic mass is 9.86. The molecule has 0 spiro atoms. The standard InChI is InChI=1S/C19H16ClFN4OS.ClH/c20-12-7-10(1-2-13(12)21)23-18(26)17-15(22)11-8-14-16(24-19(11)27-17)9-3-5-25(14)6-4-9;/h1-2,7-9H,3-6,22H2,(H,23,26);1H. The molecule has 2 aromatic heterocycles. The first kappa shape index (κ1) is 19.2. The van der Waals surface area contributed by atoms with Gasteiger partial charge in [-0.2, -0.15) is 0 Å². The number of nitrogen functional groups attached to an aromatic ring is 1. The number of pyridine rings is 1. The summed E-state index contributed by atoms with van der Waals surface area (Å²) in [4.78, 5) is 21.1. The predicted molar refractivity (Wildman–Crippen MR) is 115 cm³/mol. The van der Waals surface area contributed by atoms with Crippen molar-refractivity contribution < 1.29 is 9.18 Å². The van der Waals surface area contributed by atoms with Crippen LogP contribution in [0, 0.1) is 5.82 Å². The topological polar surface area (TPSA) is 71.2 Å². The normalized spacial score (nSPS) is 15.4. The van der Waals surface area contributed by atoms with Gasteiger partial charge in [-0.15, -0.1) is 23.7 Å². The first-order chi connectivity index (χ1) is 13.0. The van der Waals surface area contributed by atoms with Crippen LogP contribution >= 0.6 is 35.3 Å². The fourth-order valence-electron chi connectivity index (χ4n) is 3.92. The number of nitrogens with two attached hydrogens (primary N) is 1. The number of nitrogens with zero attached hydrogens (tertiary/aromatic N) is 2. The summed E-state index contributed by atoms with van der Waals surface area (Å²) in [5, 5.41) is 3.50. The van der Waals surface area contributed by atoms with Crippen molar-refractivity contribution in [3.63, 3.8) is 0 Å². The van der Waals surface area contributed by atoms with Crippen molar-refractivity contribution in [1.82, 2.24) is 4.98 Å². The van der Waals surface area contributed by atoms with Crippen molar-refractivity contribution >= 4 is 68.5 Å². The molecule has 0 saturated carbocycles. The molecule has 5 nitrogen and oxygen atoms in total. The second kappa shape index (κ2) is 7.06. The van der Waals surface area contributed by atoms with Crippen LogP contribution < -0.4 is 16.0 Å². The Bertz CT molecular complexity index is 1100. The van der Waals surface area contributed by atoms with Gasteiger partial charge < -0.3 is 16.0 Å². The number of anilines is 3. The zero-order valence-electron chi connectivity index (χ0n) is 14.7. The van der Waals surface area contributed by atoms with Gasteiger partial charge in [0.05, 0.1) is 22.1 Å². The SMILES string of the molecule is Cl.Nc1c(C(=O)Nc2ccc(F)c(Cl)c2)sc2nc3c(cc12)N1CCC3CC1. The summed E-state index contributed by atoms with van der Waals surface area (Å²) in [5.41, 5.74) is 9.40. The molecule has 1 amide bonds. The average molecular weight is 439 g/mol. The minimum Gasteiger partial charge on any atom is -0.397 e. The molecule has 0 atom stereocenters. The summed E-state index contributed by atoms with van der Waals surface area (Å²) in [5.74, 6) is -0.383. The average Bonchev–Trinajstić information content (AvgIpc) is 3.00. The molecule has 1 saturated heterocycles. The van der Waals surface area contributed by atoms with Crippen LogP contribution in [0.5, 0.6) is 0 Å². The van der Waals surface area contributed by atoms with Gasteiger partial charge in [0.25, 0.3) is 5.91 Å². The molecule has 3 aromatic rings. The fraction of sp³-hybridized carbons (Fsp3) is 0.263. The third-order valence-corrected chi connectivity index (χ3v) is 6.74. The lowest BCUT2D eigenvalue weighted by Crippen LogP contribution is -2.39. The monoisotopic (exact) mass is 438 g/mol. The number of carbonyl (C=O) groups is 1. The highest BCUT2D eigenvalue weighted by atomic mass is 35.5. The predicted octanol–water partition coefficient (Wildman–Crippen LogP) is 5.04. The van der Waals surface area contributed by atoms with Gasteiger partial charge in [0.15, 0.2) is 0 Å². The highest BCUT2D eigenvalue weighted by Gasteiger charge is 2.33. The van der Waals surface area contributed by atoms with Crippen molar-refractivity contribution in [1.29, 1.82) is 0 Å². The van der Waals surface area contributed by atoms with E-state index in [1.807, 2.05) is 0 Å². The van der Waals surface area contributed by atoms with E-state index in [2.05, 4.69) is 16.3 Å². The zero-order valence-corrected chi connectivity index (χ0v) is 17.1. The Hall–Kier alpha value is -2.09.